The molecule has 0 aliphatic heterocycles. The lowest BCUT2D eigenvalue weighted by Crippen LogP contribution is -2.12. The molecule has 0 fully saturated rings. The van der Waals surface area contributed by atoms with Crippen molar-refractivity contribution in [2.75, 3.05) is 0 Å². The number of nitrogens with zero attached hydrogens (tertiary/aromatic N) is 3. The van der Waals surface area contributed by atoms with Crippen LogP contribution in [0.1, 0.15) is 11.4 Å². The summed E-state index contributed by atoms with van der Waals surface area (Å²) in [5.41, 5.74) is 0.630. The number of aromatic amines is 1. The quantitative estimate of drug-likeness (QED) is 0.664. The van der Waals surface area contributed by atoms with Gasteiger partial charge >= 0.3 is 6.18 Å². The van der Waals surface area contributed by atoms with Crippen LogP contribution in [0.2, 0.25) is 0 Å². The fourth-order valence-corrected chi connectivity index (χ4v) is 1.89. The van der Waals surface area contributed by atoms with E-state index in [1.54, 1.807) is 24.3 Å². The van der Waals surface area contributed by atoms with E-state index in [4.69, 9.17) is 12.2 Å². The third-order valence-electron chi connectivity index (χ3n) is 2.07. The monoisotopic (exact) mass is 350 g/mol. The van der Waals surface area contributed by atoms with Crippen LogP contribution in [0.25, 0.3) is 0 Å². The third-order valence-corrected chi connectivity index (χ3v) is 2.83. The van der Waals surface area contributed by atoms with Crippen molar-refractivity contribution in [1.29, 1.82) is 0 Å². The van der Waals surface area contributed by atoms with E-state index in [1.165, 1.54) is 6.21 Å². The van der Waals surface area contributed by atoms with Crippen molar-refractivity contribution in [2.24, 2.45) is 5.10 Å². The maximum Gasteiger partial charge on any atom is 0.453 e. The summed E-state index contributed by atoms with van der Waals surface area (Å²) < 4.78 is 39.0. The number of rotatable bonds is 2. The van der Waals surface area contributed by atoms with Gasteiger partial charge in [-0.2, -0.15) is 22.9 Å². The maximum absolute atomic E-state index is 12.6. The molecule has 0 amide bonds. The zero-order valence-electron chi connectivity index (χ0n) is 9.15. The third kappa shape index (κ3) is 3.29. The van der Waals surface area contributed by atoms with Crippen LogP contribution in [0, 0.1) is 4.77 Å². The molecule has 2 aromatic rings. The Bertz CT molecular complexity index is 674. The van der Waals surface area contributed by atoms with Crippen LogP contribution < -0.4 is 0 Å². The number of benzene rings is 1. The lowest BCUT2D eigenvalue weighted by Gasteiger charge is -2.03. The van der Waals surface area contributed by atoms with Gasteiger partial charge in [-0.15, -0.1) is 5.10 Å². The highest BCUT2D eigenvalue weighted by Crippen LogP contribution is 2.27. The minimum atomic E-state index is -4.62. The van der Waals surface area contributed by atoms with Crippen LogP contribution in [0.3, 0.4) is 0 Å². The molecule has 0 spiro atoms. The smallest absolute Gasteiger partial charge is 0.250 e. The van der Waals surface area contributed by atoms with E-state index < -0.39 is 12.0 Å². The Kier molecular flexibility index (Phi) is 3.85. The number of aromatic nitrogens is 3. The number of halogens is 4. The Labute approximate surface area is 119 Å². The van der Waals surface area contributed by atoms with Crippen LogP contribution in [-0.2, 0) is 6.18 Å². The average Bonchev–Trinajstić information content (AvgIpc) is 2.68. The molecular weight excluding hydrogens is 345 g/mol. The highest BCUT2D eigenvalue weighted by atomic mass is 79.9. The first kappa shape index (κ1) is 13.9. The zero-order chi connectivity index (χ0) is 14.0. The van der Waals surface area contributed by atoms with Gasteiger partial charge in [-0.25, -0.2) is 5.10 Å². The number of hydrogen-bond donors (Lipinski definition) is 1. The molecule has 9 heteroatoms. The molecule has 2 rings (SSSR count). The maximum atomic E-state index is 12.6. The molecule has 0 saturated carbocycles. The molecule has 19 heavy (non-hydrogen) atoms. The van der Waals surface area contributed by atoms with Gasteiger partial charge in [0.25, 0.3) is 5.82 Å². The Balaban J connectivity index is 2.39. The molecule has 0 aliphatic rings. The van der Waals surface area contributed by atoms with Gasteiger partial charge in [0.2, 0.25) is 4.77 Å². The minimum absolute atomic E-state index is 0.224. The molecule has 0 unspecified atom stereocenters. The van der Waals surface area contributed by atoms with Crippen LogP contribution in [0.15, 0.2) is 33.8 Å². The summed E-state index contributed by atoms with van der Waals surface area (Å²) in [7, 11) is 0. The topological polar surface area (TPSA) is 46.0 Å². The summed E-state index contributed by atoms with van der Waals surface area (Å²) in [4.78, 5) is 0. The molecule has 100 valence electrons. The minimum Gasteiger partial charge on any atom is -0.250 e. The molecule has 0 radical (unpaired) electrons. The summed E-state index contributed by atoms with van der Waals surface area (Å²) in [5.74, 6) is -1.19. The van der Waals surface area contributed by atoms with Crippen molar-refractivity contribution >= 4 is 34.4 Å². The molecule has 1 heterocycles. The molecule has 4 nitrogen and oxygen atoms in total. The van der Waals surface area contributed by atoms with Gasteiger partial charge in [-0.1, -0.05) is 28.1 Å². The second-order valence-electron chi connectivity index (χ2n) is 3.46. The summed E-state index contributed by atoms with van der Waals surface area (Å²) in [5, 5.41) is 8.88. The van der Waals surface area contributed by atoms with Crippen LogP contribution in [-0.4, -0.2) is 21.1 Å². The van der Waals surface area contributed by atoms with Gasteiger partial charge in [-0.3, -0.25) is 0 Å². The Hall–Kier alpha value is -1.48. The first-order valence-electron chi connectivity index (χ1n) is 4.92. The largest absolute Gasteiger partial charge is 0.453 e. The number of nitrogens with one attached hydrogen (secondary N) is 1. The van der Waals surface area contributed by atoms with E-state index in [0.717, 1.165) is 4.47 Å². The van der Waals surface area contributed by atoms with Crippen molar-refractivity contribution < 1.29 is 13.2 Å². The predicted octanol–water partition coefficient (Wildman–Crippen LogP) is 3.60. The van der Waals surface area contributed by atoms with E-state index in [-0.39, 0.29) is 4.77 Å². The van der Waals surface area contributed by atoms with E-state index in [9.17, 15) is 13.2 Å². The summed E-state index contributed by atoms with van der Waals surface area (Å²) in [6.07, 6.45) is -3.35. The molecule has 0 atom stereocenters. The number of alkyl halides is 3. The first-order valence-corrected chi connectivity index (χ1v) is 6.12. The molecule has 1 N–H and O–H groups in total. The van der Waals surface area contributed by atoms with Gasteiger partial charge in [0.15, 0.2) is 0 Å². The highest BCUT2D eigenvalue weighted by molar-refractivity contribution is 9.10. The van der Waals surface area contributed by atoms with Crippen molar-refractivity contribution in [1.82, 2.24) is 14.9 Å². The SMILES string of the molecule is FC(F)(F)c1n[nH]c(=S)n1/N=C\c1cccc(Br)c1. The van der Waals surface area contributed by atoms with Crippen LogP contribution in [0.5, 0.6) is 0 Å². The zero-order valence-corrected chi connectivity index (χ0v) is 11.6. The van der Waals surface area contributed by atoms with E-state index in [0.29, 0.717) is 10.2 Å². The van der Waals surface area contributed by atoms with Gasteiger partial charge in [0, 0.05) is 4.47 Å². The Morgan fingerprint density at radius 2 is 2.16 bits per heavy atom. The Morgan fingerprint density at radius 3 is 2.79 bits per heavy atom. The second-order valence-corrected chi connectivity index (χ2v) is 4.76. The molecule has 1 aromatic heterocycles. The second kappa shape index (κ2) is 5.25. The van der Waals surface area contributed by atoms with Gasteiger partial charge in [-0.05, 0) is 29.9 Å². The summed E-state index contributed by atoms with van der Waals surface area (Å²) >= 11 is 7.96. The molecule has 0 bridgehead atoms. The number of H-pyrrole nitrogens is 1. The van der Waals surface area contributed by atoms with Gasteiger partial charge < -0.3 is 0 Å². The Morgan fingerprint density at radius 1 is 1.42 bits per heavy atom. The van der Waals surface area contributed by atoms with Crippen molar-refractivity contribution in [2.45, 2.75) is 6.18 Å². The van der Waals surface area contributed by atoms with E-state index >= 15 is 0 Å². The van der Waals surface area contributed by atoms with Crippen molar-refractivity contribution in [3.05, 3.63) is 44.9 Å². The van der Waals surface area contributed by atoms with Gasteiger partial charge in [0.05, 0.1) is 6.21 Å². The fraction of sp³-hybridized carbons (Fsp3) is 0.100. The molecule has 0 aliphatic carbocycles. The molecular formula is C10H6BrF3N4S. The lowest BCUT2D eigenvalue weighted by atomic mass is 10.2. The van der Waals surface area contributed by atoms with E-state index in [2.05, 4.69) is 31.2 Å². The standard InChI is InChI=1S/C10H6BrF3N4S/c11-7-3-1-2-6(4-7)5-15-18-8(10(12,13)14)16-17-9(18)19/h1-5H,(H,17,19)/b15-5-. The van der Waals surface area contributed by atoms with Crippen LogP contribution in [0.4, 0.5) is 13.2 Å². The first-order chi connectivity index (χ1) is 8.88. The summed E-state index contributed by atoms with van der Waals surface area (Å²) in [6, 6.07) is 6.94. The normalized spacial score (nSPS) is 12.2. The van der Waals surface area contributed by atoms with Crippen molar-refractivity contribution in [3.8, 4) is 0 Å². The number of hydrogen-bond acceptors (Lipinski definition) is 3. The molecule has 0 saturated heterocycles. The van der Waals surface area contributed by atoms with Crippen LogP contribution >= 0.6 is 28.1 Å². The lowest BCUT2D eigenvalue weighted by molar-refractivity contribution is -0.147. The predicted molar refractivity (Wildman–Crippen MR) is 69.5 cm³/mol. The van der Waals surface area contributed by atoms with Crippen molar-refractivity contribution in [3.63, 3.8) is 0 Å². The molecule has 1 aromatic carbocycles. The van der Waals surface area contributed by atoms with Gasteiger partial charge in [0.1, 0.15) is 0 Å². The fourth-order valence-electron chi connectivity index (χ4n) is 1.29. The van der Waals surface area contributed by atoms with E-state index in [1.807, 2.05) is 0 Å². The summed E-state index contributed by atoms with van der Waals surface area (Å²) in [6.45, 7) is 0. The average molecular weight is 351 g/mol. The highest BCUT2D eigenvalue weighted by Gasteiger charge is 2.37.